The lowest BCUT2D eigenvalue weighted by Crippen LogP contribution is -2.41. The summed E-state index contributed by atoms with van der Waals surface area (Å²) in [6.45, 7) is 0. The van der Waals surface area contributed by atoms with E-state index in [-0.39, 0.29) is 28.6 Å². The number of thiazole rings is 1. The van der Waals surface area contributed by atoms with Gasteiger partial charge in [-0.05, 0) is 18.6 Å². The van der Waals surface area contributed by atoms with Crippen LogP contribution in [0.25, 0.3) is 10.6 Å². The number of nitrogen functional groups attached to an aromatic ring is 1. The molecule has 1 unspecified atom stereocenters. The molecule has 2 aliphatic rings. The molecular formula is C18H16N4O3S. The van der Waals surface area contributed by atoms with Crippen LogP contribution in [0.4, 0.5) is 5.00 Å². The highest BCUT2D eigenvalue weighted by Gasteiger charge is 2.66. The first-order chi connectivity index (χ1) is 12.3. The zero-order valence-electron chi connectivity index (χ0n) is 13.9. The van der Waals surface area contributed by atoms with E-state index in [0.29, 0.717) is 10.6 Å². The molecule has 132 valence electrons. The van der Waals surface area contributed by atoms with Gasteiger partial charge in [-0.15, -0.1) is 0 Å². The van der Waals surface area contributed by atoms with E-state index in [2.05, 4.69) is 16.8 Å². The maximum atomic E-state index is 12.2. The molecule has 2 aromatic rings. The van der Waals surface area contributed by atoms with Gasteiger partial charge in [0.2, 0.25) is 5.60 Å². The molecular weight excluding hydrogens is 352 g/mol. The number of anilines is 1. The minimum Gasteiger partial charge on any atom is -0.389 e. The lowest BCUT2D eigenvalue weighted by molar-refractivity contribution is -0.140. The van der Waals surface area contributed by atoms with Crippen LogP contribution in [-0.2, 0) is 4.79 Å². The molecule has 8 heteroatoms. The molecule has 1 aromatic heterocycles. The summed E-state index contributed by atoms with van der Waals surface area (Å²) in [6, 6.07) is 7.24. The van der Waals surface area contributed by atoms with Gasteiger partial charge in [-0.2, -0.15) is 0 Å². The number of aromatic nitrogens is 1. The monoisotopic (exact) mass is 368 g/mol. The third-order valence-corrected chi connectivity index (χ3v) is 5.76. The second kappa shape index (κ2) is 5.56. The molecule has 1 saturated carbocycles. The maximum Gasteiger partial charge on any atom is 0.270 e. The van der Waals surface area contributed by atoms with Gasteiger partial charge in [-0.3, -0.25) is 9.59 Å². The van der Waals surface area contributed by atoms with Crippen molar-refractivity contribution in [3.63, 3.8) is 0 Å². The van der Waals surface area contributed by atoms with Crippen molar-refractivity contribution in [1.29, 1.82) is 0 Å². The number of likely N-dealkylation sites (N-methyl/N-ethyl adjacent to an activating group) is 1. The zero-order valence-corrected chi connectivity index (χ0v) is 14.7. The van der Waals surface area contributed by atoms with Gasteiger partial charge in [0, 0.05) is 30.1 Å². The zero-order chi connectivity index (χ0) is 18.6. The average molecular weight is 368 g/mol. The van der Waals surface area contributed by atoms with Crippen LogP contribution in [0.2, 0.25) is 0 Å². The Morgan fingerprint density at radius 3 is 2.88 bits per heavy atom. The van der Waals surface area contributed by atoms with Crippen LogP contribution in [0, 0.1) is 17.8 Å². The summed E-state index contributed by atoms with van der Waals surface area (Å²) in [6.07, 6.45) is 0.780. The number of piperidine rings is 1. The first kappa shape index (κ1) is 16.6. The number of carbonyl (C=O) groups is 2. The van der Waals surface area contributed by atoms with Gasteiger partial charge in [0.1, 0.15) is 10.0 Å². The molecule has 1 saturated heterocycles. The van der Waals surface area contributed by atoms with Gasteiger partial charge in [-0.25, -0.2) is 4.98 Å². The molecule has 0 radical (unpaired) electrons. The molecule has 2 amide bonds. The molecule has 7 nitrogen and oxygen atoms in total. The van der Waals surface area contributed by atoms with Crippen LogP contribution in [-0.4, -0.2) is 45.5 Å². The highest BCUT2D eigenvalue weighted by Crippen LogP contribution is 2.50. The SMILES string of the molecule is CN1C(=O)[C@](O)(C#Cc2cccc(-c3nc(C(N)=O)c(N)s3)c2)[C@@H]2CC21. The second-order valence-electron chi connectivity index (χ2n) is 6.52. The van der Waals surface area contributed by atoms with Crippen LogP contribution >= 0.6 is 11.3 Å². The van der Waals surface area contributed by atoms with Crippen LogP contribution < -0.4 is 11.5 Å². The first-order valence-corrected chi connectivity index (χ1v) is 8.82. The number of aliphatic hydroxyl groups is 1. The summed E-state index contributed by atoms with van der Waals surface area (Å²) >= 11 is 1.16. The van der Waals surface area contributed by atoms with E-state index >= 15 is 0 Å². The number of carbonyl (C=O) groups excluding carboxylic acids is 2. The van der Waals surface area contributed by atoms with Crippen LogP contribution in [0.3, 0.4) is 0 Å². The quantitative estimate of drug-likeness (QED) is 0.664. The minimum atomic E-state index is -1.61. The van der Waals surface area contributed by atoms with E-state index in [9.17, 15) is 14.7 Å². The third kappa shape index (κ3) is 2.44. The van der Waals surface area contributed by atoms with Crippen LogP contribution in [0.5, 0.6) is 0 Å². The number of hydrogen-bond acceptors (Lipinski definition) is 6. The van der Waals surface area contributed by atoms with Gasteiger partial charge in [0.25, 0.3) is 11.8 Å². The number of nitrogens with two attached hydrogens (primary N) is 2. The standard InChI is InChI=1S/C18H16N4O3S/c1-22-12-8-11(12)18(25,17(22)24)6-5-9-3-2-4-10(7-9)16-21-13(14(19)23)15(20)26-16/h2-4,7,11-12,25H,8,20H2,1H3,(H2,19,23)/t11-,12?,18+/m1/s1. The summed E-state index contributed by atoms with van der Waals surface area (Å²) in [5.74, 6) is 4.51. The van der Waals surface area contributed by atoms with E-state index < -0.39 is 11.5 Å². The number of primary amides is 1. The Balaban J connectivity index is 1.65. The Bertz CT molecular complexity index is 1010. The summed E-state index contributed by atoms with van der Waals surface area (Å²) in [7, 11) is 1.69. The van der Waals surface area contributed by atoms with Crippen molar-refractivity contribution in [2.24, 2.45) is 11.7 Å². The highest BCUT2D eigenvalue weighted by atomic mass is 32.1. The number of rotatable bonds is 2. The lowest BCUT2D eigenvalue weighted by atomic mass is 9.99. The van der Waals surface area contributed by atoms with E-state index in [4.69, 9.17) is 11.5 Å². The van der Waals surface area contributed by atoms with Crippen molar-refractivity contribution in [3.05, 3.63) is 35.5 Å². The molecule has 3 atom stereocenters. The Hall–Kier alpha value is -2.89. The summed E-state index contributed by atoms with van der Waals surface area (Å²) in [5.41, 5.74) is 10.8. The molecule has 1 aromatic carbocycles. The van der Waals surface area contributed by atoms with E-state index in [1.807, 2.05) is 6.07 Å². The second-order valence-corrected chi connectivity index (χ2v) is 7.55. The normalized spacial score (nSPS) is 26.2. The Kier molecular flexibility index (Phi) is 3.54. The maximum absolute atomic E-state index is 12.2. The largest absolute Gasteiger partial charge is 0.389 e. The van der Waals surface area contributed by atoms with Crippen molar-refractivity contribution in [3.8, 4) is 22.4 Å². The van der Waals surface area contributed by atoms with Gasteiger partial charge in [0.15, 0.2) is 5.69 Å². The molecule has 0 bridgehead atoms. The van der Waals surface area contributed by atoms with Gasteiger partial charge < -0.3 is 21.5 Å². The van der Waals surface area contributed by atoms with Gasteiger partial charge in [0.05, 0.1) is 0 Å². The van der Waals surface area contributed by atoms with Gasteiger partial charge >= 0.3 is 0 Å². The highest BCUT2D eigenvalue weighted by molar-refractivity contribution is 7.19. The van der Waals surface area contributed by atoms with Crippen molar-refractivity contribution in [2.45, 2.75) is 18.1 Å². The molecule has 26 heavy (non-hydrogen) atoms. The predicted octanol–water partition coefficient (Wildman–Crippen LogP) is 0.434. The fraction of sp³-hybridized carbons (Fsp3) is 0.278. The molecule has 2 fully saturated rings. The number of hydrogen-bond donors (Lipinski definition) is 3. The lowest BCUT2D eigenvalue weighted by Gasteiger charge is -2.18. The molecule has 2 heterocycles. The predicted molar refractivity (Wildman–Crippen MR) is 97.0 cm³/mol. The number of fused-ring (bicyclic) bond motifs is 1. The molecule has 1 aliphatic carbocycles. The smallest absolute Gasteiger partial charge is 0.270 e. The molecule has 1 aliphatic heterocycles. The fourth-order valence-electron chi connectivity index (χ4n) is 3.31. The summed E-state index contributed by atoms with van der Waals surface area (Å²) < 4.78 is 0. The van der Waals surface area contributed by atoms with E-state index in [0.717, 1.165) is 23.3 Å². The minimum absolute atomic E-state index is 0.0511. The third-order valence-electron chi connectivity index (χ3n) is 4.83. The Labute approximate surface area is 153 Å². The number of benzene rings is 1. The van der Waals surface area contributed by atoms with Crippen LogP contribution in [0.15, 0.2) is 24.3 Å². The van der Waals surface area contributed by atoms with E-state index in [1.165, 1.54) is 0 Å². The fourth-order valence-corrected chi connectivity index (χ4v) is 4.15. The molecule has 4 rings (SSSR count). The average Bonchev–Trinajstić information content (AvgIpc) is 3.29. The van der Waals surface area contributed by atoms with Crippen molar-refractivity contribution >= 4 is 28.2 Å². The first-order valence-electron chi connectivity index (χ1n) is 8.00. The number of likely N-dealkylation sites (tertiary alicyclic amines) is 1. The Morgan fingerprint density at radius 1 is 1.50 bits per heavy atom. The molecule has 5 N–H and O–H groups in total. The van der Waals surface area contributed by atoms with Crippen molar-refractivity contribution < 1.29 is 14.7 Å². The van der Waals surface area contributed by atoms with E-state index in [1.54, 1.807) is 30.1 Å². The summed E-state index contributed by atoms with van der Waals surface area (Å²) in [4.78, 5) is 29.2. The van der Waals surface area contributed by atoms with Crippen molar-refractivity contribution in [1.82, 2.24) is 9.88 Å². The summed E-state index contributed by atoms with van der Waals surface area (Å²) in [5, 5.41) is 11.5. The van der Waals surface area contributed by atoms with Crippen molar-refractivity contribution in [2.75, 3.05) is 12.8 Å². The molecule has 0 spiro atoms. The number of amides is 2. The number of nitrogens with zero attached hydrogens (tertiary/aromatic N) is 2. The van der Waals surface area contributed by atoms with Crippen LogP contribution in [0.1, 0.15) is 22.5 Å². The Morgan fingerprint density at radius 2 is 2.27 bits per heavy atom. The topological polar surface area (TPSA) is 123 Å². The van der Waals surface area contributed by atoms with Gasteiger partial charge in [-0.1, -0.05) is 35.3 Å².